The van der Waals surface area contributed by atoms with Gasteiger partial charge >= 0.3 is 6.03 Å². The van der Waals surface area contributed by atoms with E-state index < -0.39 is 0 Å². The van der Waals surface area contributed by atoms with Crippen LogP contribution in [0.2, 0.25) is 0 Å². The second kappa shape index (κ2) is 7.38. The Balaban J connectivity index is 1.50. The van der Waals surface area contributed by atoms with Gasteiger partial charge < -0.3 is 10.1 Å². The van der Waals surface area contributed by atoms with Gasteiger partial charge in [-0.05, 0) is 49.4 Å². The second-order valence-electron chi connectivity index (χ2n) is 6.95. The van der Waals surface area contributed by atoms with E-state index in [1.807, 2.05) is 38.2 Å². The Bertz CT molecular complexity index is 1000. The number of benzene rings is 1. The van der Waals surface area contributed by atoms with E-state index in [1.165, 1.54) is 11.3 Å². The summed E-state index contributed by atoms with van der Waals surface area (Å²) in [7, 11) is 3.45. The minimum Gasteiger partial charge on any atom is -0.497 e. The molecule has 8 heteroatoms. The average Bonchev–Trinajstić information content (AvgIpc) is 3.36. The monoisotopic (exact) mass is 380 g/mol. The Morgan fingerprint density at radius 2 is 2.07 bits per heavy atom. The van der Waals surface area contributed by atoms with E-state index in [-0.39, 0.29) is 6.03 Å². The summed E-state index contributed by atoms with van der Waals surface area (Å²) >= 11 is 0. The zero-order chi connectivity index (χ0) is 19.7. The van der Waals surface area contributed by atoms with E-state index in [4.69, 9.17) is 4.74 Å². The molecule has 4 rings (SSSR count). The van der Waals surface area contributed by atoms with Crippen molar-refractivity contribution in [2.24, 2.45) is 7.05 Å². The van der Waals surface area contributed by atoms with Crippen LogP contribution < -0.4 is 15.4 Å². The van der Waals surface area contributed by atoms with Crippen LogP contribution >= 0.6 is 0 Å². The number of anilines is 1. The highest BCUT2D eigenvalue weighted by Crippen LogP contribution is 2.32. The zero-order valence-electron chi connectivity index (χ0n) is 16.3. The van der Waals surface area contributed by atoms with Gasteiger partial charge in [-0.25, -0.2) is 4.79 Å². The lowest BCUT2D eigenvalue weighted by Crippen LogP contribution is -2.29. The Labute approximate surface area is 163 Å². The van der Waals surface area contributed by atoms with E-state index in [0.717, 1.165) is 47.5 Å². The molecule has 0 atom stereocenters. The molecule has 0 bridgehead atoms. The molecule has 3 N–H and O–H groups in total. The lowest BCUT2D eigenvalue weighted by molar-refractivity contribution is 0.251. The third-order valence-electron chi connectivity index (χ3n) is 5.14. The molecule has 146 valence electrons. The summed E-state index contributed by atoms with van der Waals surface area (Å²) in [6.45, 7) is 2.32. The number of carbonyl (C=O) groups excluding carboxylic acids is 1. The minimum absolute atomic E-state index is 0.285. The van der Waals surface area contributed by atoms with Gasteiger partial charge in [0.15, 0.2) is 0 Å². The summed E-state index contributed by atoms with van der Waals surface area (Å²) in [5.74, 6) is 1.43. The van der Waals surface area contributed by atoms with Crippen LogP contribution in [0.1, 0.15) is 29.1 Å². The van der Waals surface area contributed by atoms with E-state index in [2.05, 4.69) is 25.9 Å². The first kappa shape index (κ1) is 18.1. The molecule has 0 radical (unpaired) electrons. The largest absolute Gasteiger partial charge is 0.497 e. The first-order valence-electron chi connectivity index (χ1n) is 9.34. The van der Waals surface area contributed by atoms with Crippen LogP contribution in [0.25, 0.3) is 11.1 Å². The maximum absolute atomic E-state index is 12.5. The number of urea groups is 1. The highest BCUT2D eigenvalue weighted by Gasteiger charge is 2.20. The molecular weight excluding hydrogens is 356 g/mol. The summed E-state index contributed by atoms with van der Waals surface area (Å²) in [4.78, 5) is 12.5. The Kier molecular flexibility index (Phi) is 4.77. The number of ether oxygens (including phenoxy) is 1. The number of H-pyrrole nitrogens is 1. The number of aromatic amines is 1. The third kappa shape index (κ3) is 3.33. The van der Waals surface area contributed by atoms with Crippen LogP contribution in [0.15, 0.2) is 24.3 Å². The van der Waals surface area contributed by atoms with Gasteiger partial charge in [0.25, 0.3) is 0 Å². The van der Waals surface area contributed by atoms with E-state index in [1.54, 1.807) is 11.8 Å². The summed E-state index contributed by atoms with van der Waals surface area (Å²) in [6, 6.07) is 7.42. The predicted octanol–water partition coefficient (Wildman–Crippen LogP) is 2.94. The average molecular weight is 380 g/mol. The van der Waals surface area contributed by atoms with Crippen molar-refractivity contribution in [3.8, 4) is 16.9 Å². The first-order valence-corrected chi connectivity index (χ1v) is 9.34. The van der Waals surface area contributed by atoms with Gasteiger partial charge in [0, 0.05) is 18.3 Å². The molecule has 0 fully saturated rings. The molecule has 28 heavy (non-hydrogen) atoms. The summed E-state index contributed by atoms with van der Waals surface area (Å²) in [5, 5.41) is 17.7. The molecule has 0 saturated carbocycles. The molecule has 1 aromatic carbocycles. The fourth-order valence-corrected chi connectivity index (χ4v) is 3.75. The fourth-order valence-electron chi connectivity index (χ4n) is 3.75. The van der Waals surface area contributed by atoms with E-state index in [0.29, 0.717) is 12.4 Å². The van der Waals surface area contributed by atoms with Crippen molar-refractivity contribution in [1.29, 1.82) is 0 Å². The molecule has 2 aromatic heterocycles. The number of hydrogen-bond acceptors (Lipinski definition) is 4. The number of nitrogens with zero attached hydrogens (tertiary/aromatic N) is 3. The number of methoxy groups -OCH3 is 1. The minimum atomic E-state index is -0.285. The van der Waals surface area contributed by atoms with E-state index >= 15 is 0 Å². The molecular formula is C20H24N6O2. The highest BCUT2D eigenvalue weighted by molar-refractivity contribution is 5.93. The van der Waals surface area contributed by atoms with Crippen LogP contribution in [-0.4, -0.2) is 33.1 Å². The molecule has 0 aliphatic heterocycles. The normalized spacial score (nSPS) is 12.7. The van der Waals surface area contributed by atoms with Crippen LogP contribution in [0.3, 0.4) is 0 Å². The van der Waals surface area contributed by atoms with Crippen molar-refractivity contribution in [2.75, 3.05) is 12.4 Å². The Morgan fingerprint density at radius 1 is 1.29 bits per heavy atom. The van der Waals surface area contributed by atoms with Crippen LogP contribution in [0.5, 0.6) is 5.75 Å². The van der Waals surface area contributed by atoms with Crippen molar-refractivity contribution >= 4 is 11.8 Å². The smallest absolute Gasteiger partial charge is 0.320 e. The second-order valence-corrected chi connectivity index (χ2v) is 6.95. The maximum atomic E-state index is 12.5. The number of aryl methyl sites for hydroxylation is 3. The molecule has 0 saturated heterocycles. The van der Waals surface area contributed by atoms with Crippen LogP contribution in [0, 0.1) is 6.92 Å². The number of aromatic nitrogens is 4. The molecule has 0 spiro atoms. The molecule has 2 heterocycles. The van der Waals surface area contributed by atoms with E-state index in [9.17, 15) is 4.79 Å². The number of nitrogens with one attached hydrogen (secondary N) is 3. The standard InChI is InChI=1S/C20H24N6O2/c1-12-18(13-7-9-14(28-3)10-8-13)19(26(2)25-12)22-20(27)21-11-17-15-5-4-6-16(15)23-24-17/h7-10H,4-6,11H2,1-3H3,(H,23,24)(H2,21,22,27). The lowest BCUT2D eigenvalue weighted by Gasteiger charge is -2.11. The predicted molar refractivity (Wildman–Crippen MR) is 106 cm³/mol. The molecule has 1 aliphatic rings. The number of fused-ring (bicyclic) bond motifs is 1. The molecule has 8 nitrogen and oxygen atoms in total. The van der Waals surface area contributed by atoms with Crippen LogP contribution in [0.4, 0.5) is 10.6 Å². The number of amides is 2. The van der Waals surface area contributed by atoms with Gasteiger partial charge in [0.2, 0.25) is 0 Å². The highest BCUT2D eigenvalue weighted by atomic mass is 16.5. The topological polar surface area (TPSA) is 96.9 Å². The first-order chi connectivity index (χ1) is 13.6. The van der Waals surface area contributed by atoms with Gasteiger partial charge in [0.05, 0.1) is 25.0 Å². The van der Waals surface area contributed by atoms with Crippen molar-refractivity contribution in [3.05, 3.63) is 46.9 Å². The van der Waals surface area contributed by atoms with Gasteiger partial charge in [-0.2, -0.15) is 10.2 Å². The lowest BCUT2D eigenvalue weighted by atomic mass is 10.1. The van der Waals surface area contributed by atoms with Gasteiger partial charge in [0.1, 0.15) is 11.6 Å². The van der Waals surface area contributed by atoms with Gasteiger partial charge in [-0.15, -0.1) is 0 Å². The molecule has 0 unspecified atom stereocenters. The van der Waals surface area contributed by atoms with Crippen molar-refractivity contribution in [3.63, 3.8) is 0 Å². The van der Waals surface area contributed by atoms with Crippen molar-refractivity contribution < 1.29 is 9.53 Å². The van der Waals surface area contributed by atoms with Crippen LogP contribution in [-0.2, 0) is 26.4 Å². The molecule has 2 amide bonds. The van der Waals surface area contributed by atoms with Crippen molar-refractivity contribution in [1.82, 2.24) is 25.3 Å². The summed E-state index contributed by atoms with van der Waals surface area (Å²) in [6.07, 6.45) is 3.20. The zero-order valence-corrected chi connectivity index (χ0v) is 16.3. The number of hydrogen-bond donors (Lipinski definition) is 3. The summed E-state index contributed by atoms with van der Waals surface area (Å²) in [5.41, 5.74) is 6.05. The SMILES string of the molecule is COc1ccc(-c2c(C)nn(C)c2NC(=O)NCc2n[nH]c3c2CCC3)cc1. The number of rotatable bonds is 5. The third-order valence-corrected chi connectivity index (χ3v) is 5.14. The number of carbonyl (C=O) groups is 1. The Hall–Kier alpha value is -3.29. The molecule has 3 aromatic rings. The van der Waals surface area contributed by atoms with Gasteiger partial charge in [-0.1, -0.05) is 12.1 Å². The van der Waals surface area contributed by atoms with Gasteiger partial charge in [-0.3, -0.25) is 15.1 Å². The summed E-state index contributed by atoms with van der Waals surface area (Å²) < 4.78 is 6.91. The molecule has 1 aliphatic carbocycles. The van der Waals surface area contributed by atoms with Crippen molar-refractivity contribution in [2.45, 2.75) is 32.7 Å². The quantitative estimate of drug-likeness (QED) is 0.634. The maximum Gasteiger partial charge on any atom is 0.320 e. The Morgan fingerprint density at radius 3 is 2.82 bits per heavy atom. The fraction of sp³-hybridized carbons (Fsp3) is 0.350.